The Hall–Kier alpha value is -0.340. The number of benzene rings is 1. The standard InChI is InChI=1S/C18H28BrN/c1-5-20-18(15-10-12(2)9-13(3)11-15)16-8-6-7-14(4)17(16)19/h6-8,12-13,15,18,20H,5,9-11H2,1-4H3. The third-order valence-corrected chi connectivity index (χ3v) is 5.75. The van der Waals surface area contributed by atoms with Crippen LogP contribution in [0.3, 0.4) is 0 Å². The number of hydrogen-bond donors (Lipinski definition) is 1. The molecule has 2 rings (SSSR count). The summed E-state index contributed by atoms with van der Waals surface area (Å²) in [5, 5.41) is 3.75. The van der Waals surface area contributed by atoms with Gasteiger partial charge in [0.2, 0.25) is 0 Å². The van der Waals surface area contributed by atoms with Gasteiger partial charge in [-0.3, -0.25) is 0 Å². The third-order valence-electron chi connectivity index (χ3n) is 4.67. The van der Waals surface area contributed by atoms with Gasteiger partial charge in [0.15, 0.2) is 0 Å². The number of hydrogen-bond acceptors (Lipinski definition) is 1. The highest BCUT2D eigenvalue weighted by Gasteiger charge is 2.31. The van der Waals surface area contributed by atoms with Gasteiger partial charge in [-0.15, -0.1) is 0 Å². The first kappa shape index (κ1) is 16.0. The van der Waals surface area contributed by atoms with Crippen molar-refractivity contribution in [1.29, 1.82) is 0 Å². The van der Waals surface area contributed by atoms with E-state index >= 15 is 0 Å². The van der Waals surface area contributed by atoms with Crippen LogP contribution in [-0.4, -0.2) is 6.54 Å². The fourth-order valence-corrected chi connectivity index (χ4v) is 4.45. The maximum Gasteiger partial charge on any atom is 0.0360 e. The van der Waals surface area contributed by atoms with Crippen LogP contribution in [0.2, 0.25) is 0 Å². The van der Waals surface area contributed by atoms with Crippen molar-refractivity contribution in [3.63, 3.8) is 0 Å². The van der Waals surface area contributed by atoms with Crippen LogP contribution in [-0.2, 0) is 0 Å². The lowest BCUT2D eigenvalue weighted by atomic mass is 9.72. The normalized spacial score (nSPS) is 28.4. The van der Waals surface area contributed by atoms with Gasteiger partial charge in [0, 0.05) is 10.5 Å². The van der Waals surface area contributed by atoms with Crippen molar-refractivity contribution < 1.29 is 0 Å². The molecule has 1 N–H and O–H groups in total. The van der Waals surface area contributed by atoms with Crippen LogP contribution in [0, 0.1) is 24.7 Å². The molecule has 0 aromatic heterocycles. The average molecular weight is 338 g/mol. The molecule has 1 nitrogen and oxygen atoms in total. The van der Waals surface area contributed by atoms with Gasteiger partial charge in [-0.05, 0) is 61.6 Å². The minimum absolute atomic E-state index is 0.486. The Morgan fingerprint density at radius 3 is 2.45 bits per heavy atom. The maximum absolute atomic E-state index is 3.81. The molecule has 3 atom stereocenters. The Kier molecular flexibility index (Phi) is 5.68. The van der Waals surface area contributed by atoms with E-state index in [1.807, 2.05) is 0 Å². The zero-order chi connectivity index (χ0) is 14.7. The van der Waals surface area contributed by atoms with Crippen molar-refractivity contribution in [2.24, 2.45) is 17.8 Å². The van der Waals surface area contributed by atoms with Gasteiger partial charge in [-0.2, -0.15) is 0 Å². The lowest BCUT2D eigenvalue weighted by molar-refractivity contribution is 0.177. The van der Waals surface area contributed by atoms with Gasteiger partial charge in [0.1, 0.15) is 0 Å². The van der Waals surface area contributed by atoms with Crippen LogP contribution in [0.1, 0.15) is 57.2 Å². The Morgan fingerprint density at radius 1 is 1.20 bits per heavy atom. The second kappa shape index (κ2) is 7.09. The topological polar surface area (TPSA) is 12.0 Å². The van der Waals surface area contributed by atoms with E-state index < -0.39 is 0 Å². The lowest BCUT2D eigenvalue weighted by Gasteiger charge is -2.37. The molecule has 20 heavy (non-hydrogen) atoms. The van der Waals surface area contributed by atoms with Crippen molar-refractivity contribution in [2.45, 2.75) is 53.0 Å². The highest BCUT2D eigenvalue weighted by Crippen LogP contribution is 2.41. The predicted octanol–water partition coefficient (Wildman–Crippen LogP) is 5.48. The molecule has 0 saturated heterocycles. The van der Waals surface area contributed by atoms with E-state index in [9.17, 15) is 0 Å². The summed E-state index contributed by atoms with van der Waals surface area (Å²) in [6.07, 6.45) is 4.09. The molecule has 1 fully saturated rings. The second-order valence-electron chi connectivity index (χ2n) is 6.69. The van der Waals surface area contributed by atoms with E-state index in [-0.39, 0.29) is 0 Å². The summed E-state index contributed by atoms with van der Waals surface area (Å²) in [6, 6.07) is 7.14. The molecule has 0 bridgehead atoms. The molecule has 112 valence electrons. The fourth-order valence-electron chi connectivity index (χ4n) is 3.94. The molecule has 0 amide bonds. The zero-order valence-corrected chi connectivity index (χ0v) is 14.8. The van der Waals surface area contributed by atoms with E-state index in [2.05, 4.69) is 67.1 Å². The number of nitrogens with one attached hydrogen (secondary N) is 1. The molecule has 1 saturated carbocycles. The average Bonchev–Trinajstić information content (AvgIpc) is 2.38. The summed E-state index contributed by atoms with van der Waals surface area (Å²) in [5.74, 6) is 2.47. The number of rotatable bonds is 4. The quantitative estimate of drug-likeness (QED) is 0.766. The molecule has 0 heterocycles. The van der Waals surface area contributed by atoms with E-state index in [0.717, 1.165) is 24.3 Å². The van der Waals surface area contributed by atoms with Crippen molar-refractivity contribution in [1.82, 2.24) is 5.32 Å². The molecule has 0 aliphatic heterocycles. The van der Waals surface area contributed by atoms with Gasteiger partial charge >= 0.3 is 0 Å². The van der Waals surface area contributed by atoms with Crippen LogP contribution in [0.15, 0.2) is 22.7 Å². The molecule has 2 heteroatoms. The van der Waals surface area contributed by atoms with Crippen LogP contribution in [0.5, 0.6) is 0 Å². The smallest absolute Gasteiger partial charge is 0.0360 e. The van der Waals surface area contributed by atoms with Gasteiger partial charge in [-0.1, -0.05) is 54.9 Å². The minimum Gasteiger partial charge on any atom is -0.310 e. The molecule has 1 aliphatic rings. The fraction of sp³-hybridized carbons (Fsp3) is 0.667. The molecule has 1 aromatic carbocycles. The van der Waals surface area contributed by atoms with Gasteiger partial charge in [-0.25, -0.2) is 0 Å². The van der Waals surface area contributed by atoms with Crippen molar-refractivity contribution in [2.75, 3.05) is 6.54 Å². The Balaban J connectivity index is 2.28. The summed E-state index contributed by atoms with van der Waals surface area (Å²) in [4.78, 5) is 0. The summed E-state index contributed by atoms with van der Waals surface area (Å²) in [6.45, 7) is 10.3. The SMILES string of the molecule is CCNC(c1cccc(C)c1Br)C1CC(C)CC(C)C1. The molecule has 0 radical (unpaired) electrons. The van der Waals surface area contributed by atoms with E-state index in [1.54, 1.807) is 0 Å². The van der Waals surface area contributed by atoms with Gasteiger partial charge in [0.05, 0.1) is 0 Å². The van der Waals surface area contributed by atoms with Crippen molar-refractivity contribution in [3.8, 4) is 0 Å². The Morgan fingerprint density at radius 2 is 1.85 bits per heavy atom. The van der Waals surface area contributed by atoms with Crippen molar-refractivity contribution >= 4 is 15.9 Å². The van der Waals surface area contributed by atoms with Crippen LogP contribution >= 0.6 is 15.9 Å². The minimum atomic E-state index is 0.486. The third kappa shape index (κ3) is 3.65. The molecular formula is C18H28BrN. The van der Waals surface area contributed by atoms with Crippen LogP contribution in [0.25, 0.3) is 0 Å². The number of aryl methyl sites for hydroxylation is 1. The highest BCUT2D eigenvalue weighted by molar-refractivity contribution is 9.10. The van der Waals surface area contributed by atoms with E-state index in [0.29, 0.717) is 6.04 Å². The summed E-state index contributed by atoms with van der Waals surface area (Å²) in [5.41, 5.74) is 2.78. The first-order valence-corrected chi connectivity index (χ1v) is 8.80. The predicted molar refractivity (Wildman–Crippen MR) is 91.0 cm³/mol. The zero-order valence-electron chi connectivity index (χ0n) is 13.2. The first-order chi connectivity index (χ1) is 9.52. The van der Waals surface area contributed by atoms with E-state index in [4.69, 9.17) is 0 Å². The van der Waals surface area contributed by atoms with Crippen LogP contribution < -0.4 is 5.32 Å². The van der Waals surface area contributed by atoms with E-state index in [1.165, 1.54) is 34.9 Å². The molecular weight excluding hydrogens is 310 g/mol. The first-order valence-electron chi connectivity index (χ1n) is 8.01. The van der Waals surface area contributed by atoms with Crippen LogP contribution in [0.4, 0.5) is 0 Å². The molecule has 0 spiro atoms. The molecule has 3 unspecified atom stereocenters. The summed E-state index contributed by atoms with van der Waals surface area (Å²) < 4.78 is 1.29. The highest BCUT2D eigenvalue weighted by atomic mass is 79.9. The number of halogens is 1. The molecule has 1 aliphatic carbocycles. The lowest BCUT2D eigenvalue weighted by Crippen LogP contribution is -2.33. The summed E-state index contributed by atoms with van der Waals surface area (Å²) >= 11 is 3.81. The second-order valence-corrected chi connectivity index (χ2v) is 7.48. The molecule has 1 aromatic rings. The van der Waals surface area contributed by atoms with Gasteiger partial charge in [0.25, 0.3) is 0 Å². The largest absolute Gasteiger partial charge is 0.310 e. The summed E-state index contributed by atoms with van der Waals surface area (Å²) in [7, 11) is 0. The Labute approximate surface area is 132 Å². The van der Waals surface area contributed by atoms with Crippen molar-refractivity contribution in [3.05, 3.63) is 33.8 Å². The Bertz CT molecular complexity index is 433. The maximum atomic E-state index is 3.81. The van der Waals surface area contributed by atoms with Gasteiger partial charge < -0.3 is 5.32 Å². The monoisotopic (exact) mass is 337 g/mol.